The van der Waals surface area contributed by atoms with E-state index in [0.717, 1.165) is 12.8 Å². The van der Waals surface area contributed by atoms with Crippen molar-refractivity contribution in [3.8, 4) is 5.88 Å². The highest BCUT2D eigenvalue weighted by Crippen LogP contribution is 2.37. The van der Waals surface area contributed by atoms with Crippen molar-refractivity contribution in [1.29, 1.82) is 0 Å². The summed E-state index contributed by atoms with van der Waals surface area (Å²) >= 11 is 0. The minimum Gasteiger partial charge on any atom is -0.493 e. The first-order valence-electron chi connectivity index (χ1n) is 4.68. The molecule has 0 atom stereocenters. The summed E-state index contributed by atoms with van der Waals surface area (Å²) in [5.74, 6) is -0.447. The molecule has 0 unspecified atom stereocenters. The van der Waals surface area contributed by atoms with Gasteiger partial charge < -0.3 is 9.84 Å². The van der Waals surface area contributed by atoms with Crippen LogP contribution in [0.2, 0.25) is 0 Å². The first-order valence-corrected chi connectivity index (χ1v) is 4.68. The highest BCUT2D eigenvalue weighted by atomic mass is 16.5. The molecule has 0 radical (unpaired) electrons. The van der Waals surface area contributed by atoms with Gasteiger partial charge >= 0.3 is 5.97 Å². The van der Waals surface area contributed by atoms with E-state index in [-0.39, 0.29) is 17.6 Å². The summed E-state index contributed by atoms with van der Waals surface area (Å²) in [6.07, 6.45) is 2.02. The van der Waals surface area contributed by atoms with Crippen LogP contribution < -0.4 is 0 Å². The normalized spacial score (nSPS) is 15.5. The molecule has 5 heteroatoms. The number of aromatic nitrogens is 2. The van der Waals surface area contributed by atoms with Crippen LogP contribution in [-0.2, 0) is 4.74 Å². The van der Waals surface area contributed by atoms with Crippen molar-refractivity contribution >= 4 is 5.97 Å². The van der Waals surface area contributed by atoms with Crippen molar-refractivity contribution < 1.29 is 14.6 Å². The number of rotatable bonds is 3. The molecule has 1 fully saturated rings. The van der Waals surface area contributed by atoms with Gasteiger partial charge in [0.25, 0.3) is 0 Å². The zero-order valence-corrected chi connectivity index (χ0v) is 7.93. The zero-order chi connectivity index (χ0) is 10.1. The number of hydrogen-bond acceptors (Lipinski definition) is 4. The van der Waals surface area contributed by atoms with Gasteiger partial charge in [0.2, 0.25) is 5.88 Å². The van der Waals surface area contributed by atoms with Crippen LogP contribution in [-0.4, -0.2) is 27.5 Å². The molecule has 0 amide bonds. The first kappa shape index (κ1) is 9.05. The molecular formula is C9H12N2O3. The number of hydrogen-bond donors (Lipinski definition) is 1. The molecule has 1 saturated carbocycles. The molecule has 1 aliphatic carbocycles. The second kappa shape index (κ2) is 3.32. The Bertz CT molecular complexity index is 355. The summed E-state index contributed by atoms with van der Waals surface area (Å²) < 4.78 is 6.25. The van der Waals surface area contributed by atoms with E-state index in [9.17, 15) is 9.90 Å². The predicted octanol–water partition coefficient (Wildman–Crippen LogP) is 1.10. The topological polar surface area (TPSA) is 64.3 Å². The lowest BCUT2D eigenvalue weighted by Gasteiger charge is -1.98. The molecule has 0 spiro atoms. The molecule has 1 aromatic heterocycles. The molecule has 0 bridgehead atoms. The maximum Gasteiger partial charge on any atom is 0.358 e. The predicted molar refractivity (Wildman–Crippen MR) is 48.1 cm³/mol. The van der Waals surface area contributed by atoms with E-state index in [1.54, 1.807) is 6.92 Å². The lowest BCUT2D eigenvalue weighted by molar-refractivity contribution is 0.0518. The summed E-state index contributed by atoms with van der Waals surface area (Å²) in [7, 11) is 0. The molecule has 0 aliphatic heterocycles. The Hall–Kier alpha value is -1.52. The van der Waals surface area contributed by atoms with Crippen molar-refractivity contribution in [1.82, 2.24) is 9.78 Å². The van der Waals surface area contributed by atoms with Crippen LogP contribution in [0.3, 0.4) is 0 Å². The SMILES string of the molecule is CCOC(=O)c1cc(O)n(C2CC2)n1. The van der Waals surface area contributed by atoms with E-state index in [0.29, 0.717) is 6.61 Å². The van der Waals surface area contributed by atoms with Crippen LogP contribution in [0, 0.1) is 0 Å². The largest absolute Gasteiger partial charge is 0.493 e. The lowest BCUT2D eigenvalue weighted by atomic mass is 10.4. The summed E-state index contributed by atoms with van der Waals surface area (Å²) in [5, 5.41) is 13.4. The molecule has 1 N–H and O–H groups in total. The molecule has 1 heterocycles. The number of nitrogens with zero attached hydrogens (tertiary/aromatic N) is 2. The van der Waals surface area contributed by atoms with E-state index in [1.807, 2.05) is 0 Å². The maximum absolute atomic E-state index is 11.2. The molecule has 0 saturated heterocycles. The highest BCUT2D eigenvalue weighted by Gasteiger charge is 2.28. The summed E-state index contributed by atoms with van der Waals surface area (Å²) in [4.78, 5) is 11.2. The van der Waals surface area contributed by atoms with Crippen molar-refractivity contribution in [2.75, 3.05) is 6.61 Å². The Morgan fingerprint density at radius 1 is 1.79 bits per heavy atom. The second-order valence-corrected chi connectivity index (χ2v) is 3.28. The van der Waals surface area contributed by atoms with E-state index in [4.69, 9.17) is 4.74 Å². The van der Waals surface area contributed by atoms with Gasteiger partial charge in [-0.15, -0.1) is 0 Å². The van der Waals surface area contributed by atoms with Crippen LogP contribution >= 0.6 is 0 Å². The number of carbonyl (C=O) groups is 1. The molecule has 76 valence electrons. The summed E-state index contributed by atoms with van der Waals surface area (Å²) in [5.41, 5.74) is 0.177. The Morgan fingerprint density at radius 3 is 3.07 bits per heavy atom. The molecule has 5 nitrogen and oxygen atoms in total. The van der Waals surface area contributed by atoms with Gasteiger partial charge in [-0.25, -0.2) is 9.48 Å². The maximum atomic E-state index is 11.2. The quantitative estimate of drug-likeness (QED) is 0.735. The van der Waals surface area contributed by atoms with Crippen LogP contribution in [0.25, 0.3) is 0 Å². The first-order chi connectivity index (χ1) is 6.72. The number of ether oxygens (including phenoxy) is 1. The standard InChI is InChI=1S/C9H12N2O3/c1-2-14-9(13)7-5-8(12)11(10-7)6-3-4-6/h5-6,12H,2-4H2,1H3. The Kier molecular flexibility index (Phi) is 2.15. The van der Waals surface area contributed by atoms with Crippen molar-refractivity contribution in [2.24, 2.45) is 0 Å². The smallest absolute Gasteiger partial charge is 0.358 e. The van der Waals surface area contributed by atoms with Gasteiger partial charge in [-0.3, -0.25) is 0 Å². The molecule has 2 rings (SSSR count). The molecule has 1 aliphatic rings. The monoisotopic (exact) mass is 196 g/mol. The lowest BCUT2D eigenvalue weighted by Crippen LogP contribution is -2.06. The van der Waals surface area contributed by atoms with E-state index < -0.39 is 5.97 Å². The third kappa shape index (κ3) is 1.57. The van der Waals surface area contributed by atoms with Crippen LogP contribution in [0.1, 0.15) is 36.3 Å². The van der Waals surface area contributed by atoms with Gasteiger partial charge in [0.05, 0.1) is 12.6 Å². The van der Waals surface area contributed by atoms with E-state index in [1.165, 1.54) is 10.7 Å². The fraction of sp³-hybridized carbons (Fsp3) is 0.556. The van der Waals surface area contributed by atoms with Crippen molar-refractivity contribution in [3.05, 3.63) is 11.8 Å². The number of carbonyl (C=O) groups excluding carboxylic acids is 1. The van der Waals surface area contributed by atoms with Gasteiger partial charge in [-0.2, -0.15) is 5.10 Å². The van der Waals surface area contributed by atoms with Crippen molar-refractivity contribution in [2.45, 2.75) is 25.8 Å². The fourth-order valence-electron chi connectivity index (χ4n) is 1.28. The third-order valence-electron chi connectivity index (χ3n) is 2.09. The van der Waals surface area contributed by atoms with Crippen LogP contribution in [0.5, 0.6) is 5.88 Å². The Morgan fingerprint density at radius 2 is 2.50 bits per heavy atom. The van der Waals surface area contributed by atoms with Gasteiger partial charge in [0.15, 0.2) is 5.69 Å². The Labute approximate surface area is 81.3 Å². The summed E-state index contributed by atoms with van der Waals surface area (Å²) in [6.45, 7) is 2.05. The Balaban J connectivity index is 2.18. The van der Waals surface area contributed by atoms with Gasteiger partial charge in [0.1, 0.15) is 0 Å². The minimum absolute atomic E-state index is 0.0375. The van der Waals surface area contributed by atoms with Gasteiger partial charge in [-0.05, 0) is 19.8 Å². The zero-order valence-electron chi connectivity index (χ0n) is 7.93. The molecule has 14 heavy (non-hydrogen) atoms. The third-order valence-corrected chi connectivity index (χ3v) is 2.09. The second-order valence-electron chi connectivity index (χ2n) is 3.28. The highest BCUT2D eigenvalue weighted by molar-refractivity contribution is 5.87. The number of aromatic hydroxyl groups is 1. The van der Waals surface area contributed by atoms with E-state index >= 15 is 0 Å². The summed E-state index contributed by atoms with van der Waals surface area (Å²) in [6, 6.07) is 1.61. The average molecular weight is 196 g/mol. The van der Waals surface area contributed by atoms with Crippen molar-refractivity contribution in [3.63, 3.8) is 0 Å². The van der Waals surface area contributed by atoms with Crippen LogP contribution in [0.15, 0.2) is 6.07 Å². The van der Waals surface area contributed by atoms with Gasteiger partial charge in [0, 0.05) is 6.07 Å². The molecule has 0 aromatic carbocycles. The molecular weight excluding hydrogens is 184 g/mol. The van der Waals surface area contributed by atoms with E-state index in [2.05, 4.69) is 5.10 Å². The molecule has 1 aromatic rings. The fourth-order valence-corrected chi connectivity index (χ4v) is 1.28. The number of esters is 1. The van der Waals surface area contributed by atoms with Crippen LogP contribution in [0.4, 0.5) is 0 Å². The van der Waals surface area contributed by atoms with Gasteiger partial charge in [-0.1, -0.05) is 0 Å². The average Bonchev–Trinajstić information content (AvgIpc) is 2.91. The minimum atomic E-state index is -0.484.